The number of hydrogen-bond acceptors (Lipinski definition) is 6. The van der Waals surface area contributed by atoms with Gasteiger partial charge in [0.15, 0.2) is 9.84 Å². The zero-order valence-corrected chi connectivity index (χ0v) is 21.0. The van der Waals surface area contributed by atoms with Gasteiger partial charge in [-0.3, -0.25) is 9.69 Å². The van der Waals surface area contributed by atoms with Crippen LogP contribution in [-0.2, 0) is 21.2 Å². The molecule has 0 radical (unpaired) electrons. The Hall–Kier alpha value is -2.03. The van der Waals surface area contributed by atoms with Crippen LogP contribution in [0.1, 0.15) is 29.5 Å². The molecule has 178 valence electrons. The summed E-state index contributed by atoms with van der Waals surface area (Å²) in [6.45, 7) is 5.69. The number of thioether (sulfide) groups is 1. The van der Waals surface area contributed by atoms with Crippen LogP contribution in [0.15, 0.2) is 47.4 Å². The summed E-state index contributed by atoms with van der Waals surface area (Å²) < 4.78 is 28.9. The fraction of sp³-hybridized carbons (Fsp3) is 0.480. The highest BCUT2D eigenvalue weighted by molar-refractivity contribution is 8.00. The van der Waals surface area contributed by atoms with E-state index in [1.54, 1.807) is 18.9 Å². The Morgan fingerprint density at radius 2 is 1.94 bits per heavy atom. The van der Waals surface area contributed by atoms with Gasteiger partial charge in [0, 0.05) is 29.3 Å². The number of methoxy groups -OCH3 is 1. The fourth-order valence-corrected chi connectivity index (χ4v) is 7.53. The van der Waals surface area contributed by atoms with E-state index >= 15 is 0 Å². The largest absolute Gasteiger partial charge is 0.497 e. The van der Waals surface area contributed by atoms with E-state index in [-0.39, 0.29) is 34.7 Å². The van der Waals surface area contributed by atoms with Crippen LogP contribution < -0.4 is 10.1 Å². The number of nitrogens with zero attached hydrogens (tertiary/aromatic N) is 1. The average Bonchev–Trinajstić information content (AvgIpc) is 3.33. The molecule has 2 aliphatic heterocycles. The van der Waals surface area contributed by atoms with Gasteiger partial charge in [-0.05, 0) is 62.1 Å². The SMILES string of the molecule is COc1ccc(S[C@@H]2C[C@@H](C(=O)N[C@@H]3CCS(=O)(=O)C3)N(Cc3cc(C)ccc3C)C2)cc1. The summed E-state index contributed by atoms with van der Waals surface area (Å²) in [5, 5.41) is 3.30. The molecule has 0 unspecified atom stereocenters. The second-order valence-corrected chi connectivity index (χ2v) is 12.7. The topological polar surface area (TPSA) is 75.7 Å². The number of likely N-dealkylation sites (tertiary alicyclic amines) is 1. The second-order valence-electron chi connectivity index (χ2n) is 9.13. The number of carbonyl (C=O) groups is 1. The van der Waals surface area contributed by atoms with E-state index in [2.05, 4.69) is 54.4 Å². The van der Waals surface area contributed by atoms with Crippen molar-refractivity contribution in [3.8, 4) is 5.75 Å². The maximum Gasteiger partial charge on any atom is 0.237 e. The molecule has 0 saturated carbocycles. The van der Waals surface area contributed by atoms with Gasteiger partial charge in [0.1, 0.15) is 5.75 Å². The van der Waals surface area contributed by atoms with Crippen molar-refractivity contribution in [3.05, 3.63) is 59.2 Å². The van der Waals surface area contributed by atoms with E-state index < -0.39 is 9.84 Å². The molecule has 0 aromatic heterocycles. The number of benzene rings is 2. The molecule has 2 saturated heterocycles. The van der Waals surface area contributed by atoms with Crippen molar-refractivity contribution >= 4 is 27.5 Å². The van der Waals surface area contributed by atoms with Gasteiger partial charge in [0.2, 0.25) is 5.91 Å². The standard InChI is InChI=1S/C25H32N2O4S2/c1-17-4-5-18(2)19(12-17)14-27-15-23(32-22-8-6-21(31-3)7-9-22)13-24(27)25(28)26-20-10-11-33(29,30)16-20/h4-9,12,20,23-24H,10-11,13-16H2,1-3H3,(H,26,28)/t20-,23-,24+/m1/s1. The highest BCUT2D eigenvalue weighted by Gasteiger charge is 2.39. The van der Waals surface area contributed by atoms with Crippen LogP contribution in [0.3, 0.4) is 0 Å². The molecule has 6 nitrogen and oxygen atoms in total. The molecule has 1 amide bonds. The van der Waals surface area contributed by atoms with Crippen LogP contribution in [0.2, 0.25) is 0 Å². The number of rotatable bonds is 7. The van der Waals surface area contributed by atoms with Crippen molar-refractivity contribution in [1.29, 1.82) is 0 Å². The highest BCUT2D eigenvalue weighted by Crippen LogP contribution is 2.35. The van der Waals surface area contributed by atoms with Gasteiger partial charge in [0.05, 0.1) is 24.7 Å². The molecule has 2 aromatic carbocycles. The number of amides is 1. The Labute approximate surface area is 201 Å². The van der Waals surface area contributed by atoms with E-state index in [1.807, 2.05) is 12.1 Å². The summed E-state index contributed by atoms with van der Waals surface area (Å²) >= 11 is 1.78. The Morgan fingerprint density at radius 1 is 1.18 bits per heavy atom. The van der Waals surface area contributed by atoms with Gasteiger partial charge in [-0.1, -0.05) is 23.8 Å². The first kappa shape index (κ1) is 24.1. The molecule has 2 aliphatic rings. The van der Waals surface area contributed by atoms with Gasteiger partial charge in [-0.2, -0.15) is 0 Å². The van der Waals surface area contributed by atoms with E-state index in [9.17, 15) is 13.2 Å². The van der Waals surface area contributed by atoms with E-state index in [1.165, 1.54) is 16.7 Å². The average molecular weight is 489 g/mol. The second kappa shape index (κ2) is 10.1. The molecular weight excluding hydrogens is 456 g/mol. The Bertz CT molecular complexity index is 1100. The van der Waals surface area contributed by atoms with Crippen molar-refractivity contribution < 1.29 is 17.9 Å². The van der Waals surface area contributed by atoms with Gasteiger partial charge < -0.3 is 10.1 Å². The quantitative estimate of drug-likeness (QED) is 0.644. The summed E-state index contributed by atoms with van der Waals surface area (Å²) in [4.78, 5) is 16.7. The Morgan fingerprint density at radius 3 is 2.61 bits per heavy atom. The summed E-state index contributed by atoms with van der Waals surface area (Å²) in [6.07, 6.45) is 1.23. The molecule has 1 N–H and O–H groups in total. The normalized spacial score (nSPS) is 24.6. The lowest BCUT2D eigenvalue weighted by Crippen LogP contribution is -2.47. The van der Waals surface area contributed by atoms with Crippen molar-refractivity contribution in [2.24, 2.45) is 0 Å². The first-order chi connectivity index (χ1) is 15.7. The minimum absolute atomic E-state index is 0.0481. The third-order valence-corrected chi connectivity index (χ3v) is 9.47. The third kappa shape index (κ3) is 6.11. The summed E-state index contributed by atoms with van der Waals surface area (Å²) in [7, 11) is -1.38. The van der Waals surface area contributed by atoms with Crippen LogP contribution in [0.25, 0.3) is 0 Å². The summed E-state index contributed by atoms with van der Waals surface area (Å²) in [5.41, 5.74) is 3.65. The minimum Gasteiger partial charge on any atom is -0.497 e. The molecule has 4 rings (SSSR count). The van der Waals surface area contributed by atoms with Crippen molar-refractivity contribution in [1.82, 2.24) is 10.2 Å². The van der Waals surface area contributed by atoms with Gasteiger partial charge in [0.25, 0.3) is 0 Å². The molecule has 8 heteroatoms. The van der Waals surface area contributed by atoms with Crippen LogP contribution >= 0.6 is 11.8 Å². The molecule has 33 heavy (non-hydrogen) atoms. The molecular formula is C25H32N2O4S2. The highest BCUT2D eigenvalue weighted by atomic mass is 32.2. The Kier molecular flexibility index (Phi) is 7.36. The third-order valence-electron chi connectivity index (χ3n) is 6.49. The van der Waals surface area contributed by atoms with Crippen LogP contribution in [0.4, 0.5) is 0 Å². The fourth-order valence-electron chi connectivity index (χ4n) is 4.64. The smallest absolute Gasteiger partial charge is 0.237 e. The number of hydrogen-bond donors (Lipinski definition) is 1. The molecule has 2 aromatic rings. The molecule has 3 atom stereocenters. The van der Waals surface area contributed by atoms with Gasteiger partial charge in [-0.25, -0.2) is 8.42 Å². The number of ether oxygens (including phenoxy) is 1. The lowest BCUT2D eigenvalue weighted by atomic mass is 10.0. The van der Waals surface area contributed by atoms with Crippen molar-refractivity contribution in [2.45, 2.75) is 55.5 Å². The van der Waals surface area contributed by atoms with Crippen molar-refractivity contribution in [2.75, 3.05) is 25.2 Å². The Balaban J connectivity index is 1.49. The van der Waals surface area contributed by atoms with Crippen LogP contribution in [0.5, 0.6) is 5.75 Å². The first-order valence-electron chi connectivity index (χ1n) is 11.3. The molecule has 0 bridgehead atoms. The monoisotopic (exact) mass is 488 g/mol. The van der Waals surface area contributed by atoms with Gasteiger partial charge in [-0.15, -0.1) is 11.8 Å². The number of nitrogens with one attached hydrogen (secondary N) is 1. The molecule has 2 heterocycles. The molecule has 0 aliphatic carbocycles. The summed E-state index contributed by atoms with van der Waals surface area (Å²) in [5.74, 6) is 0.975. The number of carbonyl (C=O) groups excluding carboxylic acids is 1. The lowest BCUT2D eigenvalue weighted by Gasteiger charge is -2.25. The lowest BCUT2D eigenvalue weighted by molar-refractivity contribution is -0.126. The zero-order valence-electron chi connectivity index (χ0n) is 19.4. The van der Waals surface area contributed by atoms with E-state index in [0.29, 0.717) is 13.0 Å². The maximum absolute atomic E-state index is 13.3. The van der Waals surface area contributed by atoms with Gasteiger partial charge >= 0.3 is 0 Å². The predicted octanol–water partition coefficient (Wildman–Crippen LogP) is 3.35. The van der Waals surface area contributed by atoms with Crippen molar-refractivity contribution in [3.63, 3.8) is 0 Å². The minimum atomic E-state index is -3.04. The predicted molar refractivity (Wildman–Crippen MR) is 133 cm³/mol. The van der Waals surface area contributed by atoms with Crippen LogP contribution in [-0.4, -0.2) is 61.7 Å². The van der Waals surface area contributed by atoms with E-state index in [0.717, 1.165) is 23.6 Å². The maximum atomic E-state index is 13.3. The van der Waals surface area contributed by atoms with E-state index in [4.69, 9.17) is 4.74 Å². The first-order valence-corrected chi connectivity index (χ1v) is 14.0. The number of aryl methyl sites for hydroxylation is 2. The van der Waals surface area contributed by atoms with Crippen LogP contribution in [0, 0.1) is 13.8 Å². The zero-order chi connectivity index (χ0) is 23.6. The summed E-state index contributed by atoms with van der Waals surface area (Å²) in [6, 6.07) is 13.9. The molecule has 0 spiro atoms. The number of sulfone groups is 1. The molecule has 2 fully saturated rings.